The van der Waals surface area contributed by atoms with Gasteiger partial charge in [-0.1, -0.05) is 12.7 Å². The van der Waals surface area contributed by atoms with Crippen molar-refractivity contribution in [1.29, 1.82) is 0 Å². The Labute approximate surface area is 73.8 Å². The van der Waals surface area contributed by atoms with E-state index in [2.05, 4.69) is 18.5 Å². The van der Waals surface area contributed by atoms with E-state index in [9.17, 15) is 4.79 Å². The highest BCUT2D eigenvalue weighted by molar-refractivity contribution is 5.93. The molecule has 0 aliphatic heterocycles. The first-order chi connectivity index (χ1) is 5.57. The van der Waals surface area contributed by atoms with Gasteiger partial charge >= 0.3 is 0 Å². The van der Waals surface area contributed by atoms with Crippen molar-refractivity contribution < 1.29 is 4.79 Å². The summed E-state index contributed by atoms with van der Waals surface area (Å²) in [5.74, 6) is -0.108. The van der Waals surface area contributed by atoms with Crippen LogP contribution in [0, 0.1) is 0 Å². The molecule has 0 aromatic rings. The van der Waals surface area contributed by atoms with Gasteiger partial charge in [-0.05, 0) is 14.1 Å². The van der Waals surface area contributed by atoms with Crippen LogP contribution >= 0.6 is 0 Å². The van der Waals surface area contributed by atoms with Gasteiger partial charge < -0.3 is 10.2 Å². The van der Waals surface area contributed by atoms with Crippen molar-refractivity contribution in [1.82, 2.24) is 10.2 Å². The van der Waals surface area contributed by atoms with Gasteiger partial charge in [0.25, 0.3) is 0 Å². The van der Waals surface area contributed by atoms with Gasteiger partial charge in [0.05, 0.1) is 0 Å². The van der Waals surface area contributed by atoms with Crippen LogP contribution < -0.4 is 5.32 Å². The number of nitrogens with zero attached hydrogens (tertiary/aromatic N) is 1. The summed E-state index contributed by atoms with van der Waals surface area (Å²) in [5, 5.41) is 2.65. The minimum Gasteiger partial charge on any atom is -0.349 e. The second-order valence-corrected chi connectivity index (χ2v) is 2.84. The van der Waals surface area contributed by atoms with Gasteiger partial charge in [-0.15, -0.1) is 6.58 Å². The highest BCUT2D eigenvalue weighted by Crippen LogP contribution is 1.91. The average molecular weight is 168 g/mol. The molecule has 0 atom stereocenters. The van der Waals surface area contributed by atoms with Gasteiger partial charge in [0, 0.05) is 18.7 Å². The van der Waals surface area contributed by atoms with Crippen LogP contribution in [0.5, 0.6) is 0 Å². The summed E-state index contributed by atoms with van der Waals surface area (Å²) < 4.78 is 0. The van der Waals surface area contributed by atoms with Crippen molar-refractivity contribution in [3.8, 4) is 0 Å². The van der Waals surface area contributed by atoms with Crippen LogP contribution in [0.2, 0.25) is 0 Å². The summed E-state index contributed by atoms with van der Waals surface area (Å²) >= 11 is 0. The number of hydrogen-bond donors (Lipinski definition) is 1. The lowest BCUT2D eigenvalue weighted by Crippen LogP contribution is -2.29. The number of carbonyl (C=O) groups excluding carboxylic acids is 1. The van der Waals surface area contributed by atoms with E-state index in [1.54, 1.807) is 6.08 Å². The first-order valence-corrected chi connectivity index (χ1v) is 3.79. The van der Waals surface area contributed by atoms with Crippen LogP contribution in [0.15, 0.2) is 24.8 Å². The predicted molar refractivity (Wildman–Crippen MR) is 50.9 cm³/mol. The van der Waals surface area contributed by atoms with Gasteiger partial charge in [-0.2, -0.15) is 0 Å². The second-order valence-electron chi connectivity index (χ2n) is 2.84. The van der Waals surface area contributed by atoms with Crippen LogP contribution in [0.25, 0.3) is 0 Å². The van der Waals surface area contributed by atoms with E-state index in [1.165, 1.54) is 0 Å². The quantitative estimate of drug-likeness (QED) is 0.476. The lowest BCUT2D eigenvalue weighted by atomic mass is 10.2. The number of amides is 1. The molecule has 1 N–H and O–H groups in total. The Hall–Kier alpha value is -1.09. The standard InChI is InChI=1S/C9H16N2O/c1-5-6-10-9(12)8(2)7-11(3)4/h5H,1-2,6-7H2,3-4H3,(H,10,12). The molecular weight excluding hydrogens is 152 g/mol. The van der Waals surface area contributed by atoms with E-state index < -0.39 is 0 Å². The highest BCUT2D eigenvalue weighted by atomic mass is 16.1. The molecule has 0 fully saturated rings. The Morgan fingerprint density at radius 3 is 2.58 bits per heavy atom. The van der Waals surface area contributed by atoms with Crippen LogP contribution in [0.1, 0.15) is 0 Å². The molecule has 0 spiro atoms. The summed E-state index contributed by atoms with van der Waals surface area (Å²) in [7, 11) is 3.79. The zero-order chi connectivity index (χ0) is 9.56. The summed E-state index contributed by atoms with van der Waals surface area (Å²) in [6, 6.07) is 0. The molecule has 0 saturated heterocycles. The molecule has 3 heteroatoms. The molecular formula is C9H16N2O. The molecule has 0 rings (SSSR count). The van der Waals surface area contributed by atoms with Crippen molar-refractivity contribution in [2.24, 2.45) is 0 Å². The molecule has 0 unspecified atom stereocenters. The smallest absolute Gasteiger partial charge is 0.248 e. The van der Waals surface area contributed by atoms with Gasteiger partial charge in [0.15, 0.2) is 0 Å². The van der Waals surface area contributed by atoms with E-state index in [1.807, 2.05) is 19.0 Å². The Morgan fingerprint density at radius 2 is 2.17 bits per heavy atom. The summed E-state index contributed by atoms with van der Waals surface area (Å²) in [6.07, 6.45) is 1.64. The molecule has 0 aromatic carbocycles. The monoisotopic (exact) mass is 168 g/mol. The fourth-order valence-corrected chi connectivity index (χ4v) is 0.743. The Kier molecular flexibility index (Phi) is 5.04. The number of nitrogens with one attached hydrogen (secondary N) is 1. The van der Waals surface area contributed by atoms with E-state index in [0.717, 1.165) is 0 Å². The Bertz CT molecular complexity index is 185. The molecule has 0 bridgehead atoms. The van der Waals surface area contributed by atoms with Gasteiger partial charge in [-0.3, -0.25) is 4.79 Å². The number of hydrogen-bond acceptors (Lipinski definition) is 2. The Morgan fingerprint density at radius 1 is 1.58 bits per heavy atom. The molecule has 1 amide bonds. The van der Waals surface area contributed by atoms with Crippen molar-refractivity contribution in [3.05, 3.63) is 24.8 Å². The number of rotatable bonds is 5. The van der Waals surface area contributed by atoms with Gasteiger partial charge in [-0.25, -0.2) is 0 Å². The maximum atomic E-state index is 11.2. The maximum absolute atomic E-state index is 11.2. The van der Waals surface area contributed by atoms with E-state index in [-0.39, 0.29) is 5.91 Å². The fourth-order valence-electron chi connectivity index (χ4n) is 0.743. The predicted octanol–water partition coefficient (Wildman–Crippen LogP) is 0.406. The molecule has 0 aromatic heterocycles. The van der Waals surface area contributed by atoms with Crippen LogP contribution in [-0.4, -0.2) is 38.0 Å². The van der Waals surface area contributed by atoms with E-state index in [4.69, 9.17) is 0 Å². The van der Waals surface area contributed by atoms with E-state index in [0.29, 0.717) is 18.7 Å². The van der Waals surface area contributed by atoms with E-state index >= 15 is 0 Å². The first-order valence-electron chi connectivity index (χ1n) is 3.79. The minimum atomic E-state index is -0.108. The molecule has 3 nitrogen and oxygen atoms in total. The molecule has 68 valence electrons. The Balaban J connectivity index is 3.77. The molecule has 0 heterocycles. The lowest BCUT2D eigenvalue weighted by molar-refractivity contribution is -0.117. The molecule has 0 aliphatic rings. The third-order valence-electron chi connectivity index (χ3n) is 1.24. The average Bonchev–Trinajstić information content (AvgIpc) is 1.98. The number of carbonyl (C=O) groups is 1. The van der Waals surface area contributed by atoms with Crippen molar-refractivity contribution in [2.45, 2.75) is 0 Å². The van der Waals surface area contributed by atoms with Gasteiger partial charge in [0.1, 0.15) is 0 Å². The maximum Gasteiger partial charge on any atom is 0.248 e. The zero-order valence-corrected chi connectivity index (χ0v) is 7.76. The minimum absolute atomic E-state index is 0.108. The van der Waals surface area contributed by atoms with Crippen LogP contribution in [-0.2, 0) is 4.79 Å². The van der Waals surface area contributed by atoms with Crippen molar-refractivity contribution in [3.63, 3.8) is 0 Å². The van der Waals surface area contributed by atoms with Gasteiger partial charge in [0.2, 0.25) is 5.91 Å². The van der Waals surface area contributed by atoms with Crippen LogP contribution in [0.4, 0.5) is 0 Å². The fraction of sp³-hybridized carbons (Fsp3) is 0.444. The molecule has 12 heavy (non-hydrogen) atoms. The third-order valence-corrected chi connectivity index (χ3v) is 1.24. The SMILES string of the molecule is C=CCNC(=O)C(=C)CN(C)C. The summed E-state index contributed by atoms with van der Waals surface area (Å²) in [6.45, 7) is 8.24. The second kappa shape index (κ2) is 5.55. The topological polar surface area (TPSA) is 32.3 Å². The largest absolute Gasteiger partial charge is 0.349 e. The first kappa shape index (κ1) is 10.9. The van der Waals surface area contributed by atoms with Crippen molar-refractivity contribution >= 4 is 5.91 Å². The summed E-state index contributed by atoms with van der Waals surface area (Å²) in [4.78, 5) is 13.1. The zero-order valence-electron chi connectivity index (χ0n) is 7.76. The lowest BCUT2D eigenvalue weighted by Gasteiger charge is -2.11. The highest BCUT2D eigenvalue weighted by Gasteiger charge is 2.05. The molecule has 0 radical (unpaired) electrons. The summed E-state index contributed by atoms with van der Waals surface area (Å²) in [5.41, 5.74) is 0.571. The molecule has 0 saturated carbocycles. The third kappa shape index (κ3) is 4.68. The van der Waals surface area contributed by atoms with Crippen LogP contribution in [0.3, 0.4) is 0 Å². The van der Waals surface area contributed by atoms with Crippen molar-refractivity contribution in [2.75, 3.05) is 27.2 Å². The molecule has 0 aliphatic carbocycles. The number of likely N-dealkylation sites (N-methyl/N-ethyl adjacent to an activating group) is 1. The normalized spacial score (nSPS) is 9.58.